The van der Waals surface area contributed by atoms with Gasteiger partial charge in [-0.1, -0.05) is 18.2 Å². The van der Waals surface area contributed by atoms with Crippen molar-refractivity contribution >= 4 is 12.0 Å². The van der Waals surface area contributed by atoms with Gasteiger partial charge in [-0.05, 0) is 31.4 Å². The van der Waals surface area contributed by atoms with Gasteiger partial charge in [0.15, 0.2) is 0 Å². The molecule has 26 heavy (non-hydrogen) atoms. The van der Waals surface area contributed by atoms with Crippen molar-refractivity contribution in [1.82, 2.24) is 19.7 Å². The number of fused-ring (bicyclic) bond motifs is 1. The van der Waals surface area contributed by atoms with Gasteiger partial charge >= 0.3 is 0 Å². The number of rotatable bonds is 4. The SMILES string of the molecule is COc1ccccc1C=CC(=O)N1CCC(c2nnc3n2CCC3)CC1. The molecule has 0 N–H and O–H groups in total. The lowest BCUT2D eigenvalue weighted by atomic mass is 9.96. The molecule has 1 aromatic carbocycles. The van der Waals surface area contributed by atoms with Crippen molar-refractivity contribution in [3.8, 4) is 5.75 Å². The van der Waals surface area contributed by atoms with Crippen molar-refractivity contribution in [1.29, 1.82) is 0 Å². The van der Waals surface area contributed by atoms with Crippen LogP contribution in [0.1, 0.15) is 42.4 Å². The molecule has 1 aromatic heterocycles. The summed E-state index contributed by atoms with van der Waals surface area (Å²) in [6, 6.07) is 7.70. The van der Waals surface area contributed by atoms with E-state index < -0.39 is 0 Å². The normalized spacial score (nSPS) is 17.7. The van der Waals surface area contributed by atoms with Crippen molar-refractivity contribution in [3.63, 3.8) is 0 Å². The van der Waals surface area contributed by atoms with Crippen LogP contribution >= 0.6 is 0 Å². The van der Waals surface area contributed by atoms with Crippen LogP contribution in [-0.2, 0) is 17.8 Å². The molecule has 0 spiro atoms. The van der Waals surface area contributed by atoms with Crippen molar-refractivity contribution < 1.29 is 9.53 Å². The van der Waals surface area contributed by atoms with Crippen LogP contribution in [0.4, 0.5) is 0 Å². The van der Waals surface area contributed by atoms with Crippen LogP contribution in [-0.4, -0.2) is 45.8 Å². The number of ether oxygens (including phenoxy) is 1. The Morgan fingerprint density at radius 1 is 1.19 bits per heavy atom. The third-order valence-electron chi connectivity index (χ3n) is 5.35. The number of aryl methyl sites for hydroxylation is 1. The number of methoxy groups -OCH3 is 1. The highest BCUT2D eigenvalue weighted by Crippen LogP contribution is 2.29. The zero-order chi connectivity index (χ0) is 17.9. The first-order valence-electron chi connectivity index (χ1n) is 9.28. The fourth-order valence-electron chi connectivity index (χ4n) is 3.90. The Balaban J connectivity index is 1.37. The molecule has 0 unspecified atom stereocenters. The van der Waals surface area contributed by atoms with E-state index in [1.165, 1.54) is 6.42 Å². The van der Waals surface area contributed by atoms with Crippen LogP contribution in [0.5, 0.6) is 5.75 Å². The first-order chi connectivity index (χ1) is 12.8. The van der Waals surface area contributed by atoms with Crippen molar-refractivity contribution in [2.75, 3.05) is 20.2 Å². The van der Waals surface area contributed by atoms with Gasteiger partial charge in [0.25, 0.3) is 0 Å². The van der Waals surface area contributed by atoms with Gasteiger partial charge in [0.1, 0.15) is 17.4 Å². The van der Waals surface area contributed by atoms with E-state index in [-0.39, 0.29) is 5.91 Å². The first-order valence-corrected chi connectivity index (χ1v) is 9.28. The monoisotopic (exact) mass is 352 g/mol. The van der Waals surface area contributed by atoms with Crippen LogP contribution in [0.15, 0.2) is 30.3 Å². The lowest BCUT2D eigenvalue weighted by molar-refractivity contribution is -0.127. The number of benzene rings is 1. The number of carbonyl (C=O) groups excluding carboxylic acids is 1. The summed E-state index contributed by atoms with van der Waals surface area (Å²) in [6.07, 6.45) is 7.59. The van der Waals surface area contributed by atoms with E-state index in [9.17, 15) is 4.79 Å². The second kappa shape index (κ2) is 7.32. The number of aromatic nitrogens is 3. The second-order valence-corrected chi connectivity index (χ2v) is 6.90. The molecular formula is C20H24N4O2. The zero-order valence-electron chi connectivity index (χ0n) is 15.1. The van der Waals surface area contributed by atoms with Gasteiger partial charge < -0.3 is 14.2 Å². The van der Waals surface area contributed by atoms with E-state index in [1.54, 1.807) is 13.2 Å². The molecule has 0 atom stereocenters. The second-order valence-electron chi connectivity index (χ2n) is 6.90. The predicted molar refractivity (Wildman–Crippen MR) is 98.9 cm³/mol. The summed E-state index contributed by atoms with van der Waals surface area (Å²) in [5, 5.41) is 8.72. The number of amides is 1. The van der Waals surface area contributed by atoms with Gasteiger partial charge in [-0.3, -0.25) is 4.79 Å². The van der Waals surface area contributed by atoms with Gasteiger partial charge in [0.2, 0.25) is 5.91 Å². The van der Waals surface area contributed by atoms with Crippen molar-refractivity contribution in [2.24, 2.45) is 0 Å². The Morgan fingerprint density at radius 3 is 2.81 bits per heavy atom. The number of piperidine rings is 1. The molecule has 3 heterocycles. The average Bonchev–Trinajstić information content (AvgIpc) is 3.30. The van der Waals surface area contributed by atoms with Crippen LogP contribution < -0.4 is 4.74 Å². The number of nitrogens with zero attached hydrogens (tertiary/aromatic N) is 4. The number of hydrogen-bond donors (Lipinski definition) is 0. The predicted octanol–water partition coefficient (Wildman–Crippen LogP) is 2.65. The van der Waals surface area contributed by atoms with E-state index >= 15 is 0 Å². The third kappa shape index (κ3) is 3.23. The fraction of sp³-hybridized carbons (Fsp3) is 0.450. The van der Waals surface area contributed by atoms with Crippen LogP contribution in [0, 0.1) is 0 Å². The summed E-state index contributed by atoms with van der Waals surface area (Å²) >= 11 is 0. The fourth-order valence-corrected chi connectivity index (χ4v) is 3.90. The Labute approximate surface area is 153 Å². The molecule has 1 amide bonds. The zero-order valence-corrected chi connectivity index (χ0v) is 15.1. The Hall–Kier alpha value is -2.63. The molecule has 6 heteroatoms. The van der Waals surface area contributed by atoms with Gasteiger partial charge in [0, 0.05) is 43.6 Å². The lowest BCUT2D eigenvalue weighted by Crippen LogP contribution is -2.37. The standard InChI is InChI=1S/C20H24N4O2/c1-26-17-6-3-2-5-15(17)8-9-19(25)23-13-10-16(11-14-23)20-22-21-18-7-4-12-24(18)20/h2-3,5-6,8-9,16H,4,7,10-14H2,1H3. The third-order valence-corrected chi connectivity index (χ3v) is 5.35. The average molecular weight is 352 g/mol. The highest BCUT2D eigenvalue weighted by Gasteiger charge is 2.28. The Bertz CT molecular complexity index is 819. The molecular weight excluding hydrogens is 328 g/mol. The molecule has 4 rings (SSSR count). The molecule has 1 fully saturated rings. The summed E-state index contributed by atoms with van der Waals surface area (Å²) in [7, 11) is 1.64. The minimum atomic E-state index is 0.0563. The molecule has 2 aromatic rings. The van der Waals surface area contributed by atoms with E-state index in [4.69, 9.17) is 4.74 Å². The van der Waals surface area contributed by atoms with E-state index in [1.807, 2.05) is 35.2 Å². The molecule has 2 aliphatic rings. The van der Waals surface area contributed by atoms with Gasteiger partial charge in [-0.2, -0.15) is 0 Å². The van der Waals surface area contributed by atoms with Crippen molar-refractivity contribution in [3.05, 3.63) is 47.6 Å². The largest absolute Gasteiger partial charge is 0.496 e. The molecule has 136 valence electrons. The quantitative estimate of drug-likeness (QED) is 0.794. The molecule has 0 saturated carbocycles. The smallest absolute Gasteiger partial charge is 0.246 e. The van der Waals surface area contributed by atoms with Gasteiger partial charge in [-0.15, -0.1) is 10.2 Å². The summed E-state index contributed by atoms with van der Waals surface area (Å²) < 4.78 is 7.61. The Morgan fingerprint density at radius 2 is 2.00 bits per heavy atom. The number of hydrogen-bond acceptors (Lipinski definition) is 4. The maximum Gasteiger partial charge on any atom is 0.246 e. The Kier molecular flexibility index (Phi) is 4.73. The topological polar surface area (TPSA) is 60.2 Å². The molecule has 2 aliphatic heterocycles. The summed E-state index contributed by atoms with van der Waals surface area (Å²) in [5.41, 5.74) is 0.914. The first kappa shape index (κ1) is 16.8. The van der Waals surface area contributed by atoms with Gasteiger partial charge in [0.05, 0.1) is 7.11 Å². The number of likely N-dealkylation sites (tertiary alicyclic amines) is 1. The van der Waals surface area contributed by atoms with Crippen LogP contribution in [0.2, 0.25) is 0 Å². The molecule has 0 aliphatic carbocycles. The van der Waals surface area contributed by atoms with E-state index in [0.29, 0.717) is 5.92 Å². The number of para-hydroxylation sites is 1. The molecule has 0 radical (unpaired) electrons. The molecule has 6 nitrogen and oxygen atoms in total. The summed E-state index contributed by atoms with van der Waals surface area (Å²) in [5.74, 6) is 3.49. The maximum absolute atomic E-state index is 12.5. The summed E-state index contributed by atoms with van der Waals surface area (Å²) in [4.78, 5) is 14.4. The highest BCUT2D eigenvalue weighted by molar-refractivity contribution is 5.92. The van der Waals surface area contributed by atoms with Gasteiger partial charge in [-0.25, -0.2) is 0 Å². The molecule has 1 saturated heterocycles. The lowest BCUT2D eigenvalue weighted by Gasteiger charge is -2.30. The minimum absolute atomic E-state index is 0.0563. The van der Waals surface area contributed by atoms with E-state index in [2.05, 4.69) is 14.8 Å². The molecule has 0 bridgehead atoms. The number of carbonyl (C=O) groups is 1. The van der Waals surface area contributed by atoms with Crippen molar-refractivity contribution in [2.45, 2.75) is 38.1 Å². The highest BCUT2D eigenvalue weighted by atomic mass is 16.5. The minimum Gasteiger partial charge on any atom is -0.496 e. The van der Waals surface area contributed by atoms with Crippen LogP contribution in [0.3, 0.4) is 0 Å². The maximum atomic E-state index is 12.5. The van der Waals surface area contributed by atoms with Crippen LogP contribution in [0.25, 0.3) is 6.08 Å². The van der Waals surface area contributed by atoms with E-state index in [0.717, 1.165) is 61.9 Å². The summed E-state index contributed by atoms with van der Waals surface area (Å²) in [6.45, 7) is 2.57.